The molecule has 1 atom stereocenters. The second-order valence-electron chi connectivity index (χ2n) is 8.90. The summed E-state index contributed by atoms with van der Waals surface area (Å²) >= 11 is 0. The van der Waals surface area contributed by atoms with Crippen molar-refractivity contribution in [3.8, 4) is 0 Å². The van der Waals surface area contributed by atoms with Gasteiger partial charge < -0.3 is 0 Å². The van der Waals surface area contributed by atoms with Gasteiger partial charge in [-0.3, -0.25) is 0 Å². The molecule has 0 aromatic rings. The fraction of sp³-hybridized carbons (Fsp3) is 0.962. The molecule has 0 aliphatic rings. The molecule has 0 saturated heterocycles. The Morgan fingerprint density at radius 1 is 0.462 bits per heavy atom. The molecule has 0 bridgehead atoms. The molecule has 0 spiro atoms. The first-order chi connectivity index (χ1) is 12.8. The van der Waals surface area contributed by atoms with Gasteiger partial charge in [0.1, 0.15) is 0 Å². The lowest BCUT2D eigenvalue weighted by molar-refractivity contribution is 0.480. The topological polar surface area (TPSA) is 0 Å². The first-order valence-electron chi connectivity index (χ1n) is 12.6. The SMILES string of the molecule is [CH2]CC(C)CCCCCCCCCCCCCCCCCCCCCC. The zero-order chi connectivity index (χ0) is 19.1. The Kier molecular flexibility index (Phi) is 23.0. The van der Waals surface area contributed by atoms with Crippen LogP contribution >= 0.6 is 0 Å². The predicted molar refractivity (Wildman–Crippen MR) is 122 cm³/mol. The van der Waals surface area contributed by atoms with Gasteiger partial charge >= 0.3 is 0 Å². The largest absolute Gasteiger partial charge is 0.0654 e. The van der Waals surface area contributed by atoms with Crippen molar-refractivity contribution >= 4 is 0 Å². The molecule has 0 amide bonds. The van der Waals surface area contributed by atoms with E-state index in [1.54, 1.807) is 0 Å². The number of unbranched alkanes of at least 4 members (excludes halogenated alkanes) is 19. The summed E-state index contributed by atoms with van der Waals surface area (Å²) in [5.41, 5.74) is 0. The molecule has 0 heterocycles. The van der Waals surface area contributed by atoms with Crippen LogP contribution < -0.4 is 0 Å². The van der Waals surface area contributed by atoms with Gasteiger partial charge in [0.15, 0.2) is 0 Å². The molecule has 1 radical (unpaired) electrons. The van der Waals surface area contributed by atoms with Gasteiger partial charge in [-0.2, -0.15) is 0 Å². The van der Waals surface area contributed by atoms with Crippen molar-refractivity contribution in [2.75, 3.05) is 0 Å². The highest BCUT2D eigenvalue weighted by molar-refractivity contribution is 4.55. The minimum Gasteiger partial charge on any atom is -0.0654 e. The zero-order valence-electron chi connectivity index (χ0n) is 18.8. The van der Waals surface area contributed by atoms with Gasteiger partial charge in [-0.15, -0.1) is 0 Å². The minimum atomic E-state index is 0.838. The van der Waals surface area contributed by atoms with E-state index in [0.29, 0.717) is 0 Å². The van der Waals surface area contributed by atoms with Crippen LogP contribution in [0.1, 0.15) is 155 Å². The summed E-state index contributed by atoms with van der Waals surface area (Å²) in [5.74, 6) is 0.838. The predicted octanol–water partition coefficient (Wildman–Crippen LogP) is 10.1. The molecule has 0 rings (SSSR count). The summed E-state index contributed by atoms with van der Waals surface area (Å²) in [6, 6.07) is 0. The van der Waals surface area contributed by atoms with E-state index < -0.39 is 0 Å². The molecule has 0 nitrogen and oxygen atoms in total. The van der Waals surface area contributed by atoms with E-state index in [1.165, 1.54) is 135 Å². The molecular formula is C26H53. The van der Waals surface area contributed by atoms with E-state index in [9.17, 15) is 0 Å². The van der Waals surface area contributed by atoms with E-state index in [2.05, 4.69) is 20.8 Å². The van der Waals surface area contributed by atoms with E-state index >= 15 is 0 Å². The maximum atomic E-state index is 3.99. The van der Waals surface area contributed by atoms with Crippen molar-refractivity contribution in [1.82, 2.24) is 0 Å². The van der Waals surface area contributed by atoms with Crippen molar-refractivity contribution in [1.29, 1.82) is 0 Å². The highest BCUT2D eigenvalue weighted by Gasteiger charge is 1.98. The molecule has 0 aromatic heterocycles. The summed E-state index contributed by atoms with van der Waals surface area (Å²) in [6.45, 7) is 8.63. The molecule has 26 heavy (non-hydrogen) atoms. The lowest BCUT2D eigenvalue weighted by Crippen LogP contribution is -1.91. The molecule has 0 aromatic carbocycles. The standard InChI is InChI=1S/C26H53/c1-4-6-7-8-9-10-11-12-13-14-15-16-17-18-19-20-21-22-23-24-25-26(3)5-2/h26H,2,4-25H2,1,3H3. The second kappa shape index (κ2) is 23.0. The maximum Gasteiger partial charge on any atom is -0.0443 e. The lowest BCUT2D eigenvalue weighted by atomic mass is 9.99. The average molecular weight is 366 g/mol. The molecule has 0 aliphatic heterocycles. The van der Waals surface area contributed by atoms with Crippen LogP contribution in [0.5, 0.6) is 0 Å². The van der Waals surface area contributed by atoms with Gasteiger partial charge in [0, 0.05) is 0 Å². The molecule has 1 unspecified atom stereocenters. The third-order valence-electron chi connectivity index (χ3n) is 6.04. The monoisotopic (exact) mass is 365 g/mol. The molecule has 0 saturated carbocycles. The summed E-state index contributed by atoms with van der Waals surface area (Å²) < 4.78 is 0. The Bertz CT molecular complexity index is 232. The Morgan fingerprint density at radius 2 is 0.731 bits per heavy atom. The smallest absolute Gasteiger partial charge is 0.0443 e. The molecular weight excluding hydrogens is 312 g/mol. The van der Waals surface area contributed by atoms with Crippen molar-refractivity contribution in [2.24, 2.45) is 5.92 Å². The molecule has 0 N–H and O–H groups in total. The van der Waals surface area contributed by atoms with E-state index in [-0.39, 0.29) is 0 Å². The second-order valence-corrected chi connectivity index (χ2v) is 8.90. The van der Waals surface area contributed by atoms with Crippen LogP contribution in [0.15, 0.2) is 0 Å². The fourth-order valence-electron chi connectivity index (χ4n) is 3.89. The van der Waals surface area contributed by atoms with Gasteiger partial charge in [0.05, 0.1) is 0 Å². The maximum absolute atomic E-state index is 3.99. The van der Waals surface area contributed by atoms with Crippen molar-refractivity contribution in [3.05, 3.63) is 6.92 Å². The zero-order valence-corrected chi connectivity index (χ0v) is 18.8. The van der Waals surface area contributed by atoms with Crippen LogP contribution in [0, 0.1) is 12.8 Å². The van der Waals surface area contributed by atoms with Crippen LogP contribution in [0.2, 0.25) is 0 Å². The Balaban J connectivity index is 2.99. The van der Waals surface area contributed by atoms with E-state index in [0.717, 1.165) is 12.3 Å². The first kappa shape index (κ1) is 26.0. The number of hydrogen-bond acceptors (Lipinski definition) is 0. The van der Waals surface area contributed by atoms with Crippen LogP contribution in [0.3, 0.4) is 0 Å². The molecule has 0 fully saturated rings. The third-order valence-corrected chi connectivity index (χ3v) is 6.04. The van der Waals surface area contributed by atoms with Crippen molar-refractivity contribution < 1.29 is 0 Å². The number of rotatable bonds is 22. The fourth-order valence-corrected chi connectivity index (χ4v) is 3.89. The first-order valence-corrected chi connectivity index (χ1v) is 12.6. The third kappa shape index (κ3) is 22.0. The van der Waals surface area contributed by atoms with Crippen LogP contribution in [0.4, 0.5) is 0 Å². The van der Waals surface area contributed by atoms with Crippen LogP contribution in [-0.4, -0.2) is 0 Å². The van der Waals surface area contributed by atoms with E-state index in [4.69, 9.17) is 0 Å². The van der Waals surface area contributed by atoms with Gasteiger partial charge in [-0.1, -0.05) is 162 Å². The summed E-state index contributed by atoms with van der Waals surface area (Å²) in [4.78, 5) is 0. The number of hydrogen-bond donors (Lipinski definition) is 0. The highest BCUT2D eigenvalue weighted by atomic mass is 14.0. The Hall–Kier alpha value is 0. The van der Waals surface area contributed by atoms with E-state index in [1.807, 2.05) is 0 Å². The minimum absolute atomic E-state index is 0.838. The Labute approximate surface area is 168 Å². The van der Waals surface area contributed by atoms with Gasteiger partial charge in [-0.05, 0) is 5.92 Å². The quantitative estimate of drug-likeness (QED) is 0.167. The van der Waals surface area contributed by atoms with Crippen LogP contribution in [0.25, 0.3) is 0 Å². The summed E-state index contributed by atoms with van der Waals surface area (Å²) in [6.07, 6.45) is 31.9. The summed E-state index contributed by atoms with van der Waals surface area (Å²) in [7, 11) is 0. The van der Waals surface area contributed by atoms with Crippen LogP contribution in [-0.2, 0) is 0 Å². The molecule has 0 aliphatic carbocycles. The van der Waals surface area contributed by atoms with Gasteiger partial charge in [0.25, 0.3) is 0 Å². The normalized spacial score (nSPS) is 12.6. The molecule has 0 heteroatoms. The summed E-state index contributed by atoms with van der Waals surface area (Å²) in [5, 5.41) is 0. The average Bonchev–Trinajstić information content (AvgIpc) is 2.66. The molecule has 157 valence electrons. The lowest BCUT2D eigenvalue weighted by Gasteiger charge is -2.07. The van der Waals surface area contributed by atoms with Crippen molar-refractivity contribution in [3.63, 3.8) is 0 Å². The van der Waals surface area contributed by atoms with Gasteiger partial charge in [0.2, 0.25) is 0 Å². The highest BCUT2D eigenvalue weighted by Crippen LogP contribution is 2.16. The Morgan fingerprint density at radius 3 is 1.00 bits per heavy atom. The van der Waals surface area contributed by atoms with Gasteiger partial charge in [-0.25, -0.2) is 0 Å². The van der Waals surface area contributed by atoms with Crippen molar-refractivity contribution in [2.45, 2.75) is 155 Å².